The molecular formula is C7H3F5INO. The van der Waals surface area contributed by atoms with E-state index in [1.807, 2.05) is 0 Å². The summed E-state index contributed by atoms with van der Waals surface area (Å²) in [6.45, 7) is 0. The van der Waals surface area contributed by atoms with Gasteiger partial charge < -0.3 is 5.11 Å². The van der Waals surface area contributed by atoms with Crippen LogP contribution in [0.1, 0.15) is 17.7 Å². The average molecular weight is 339 g/mol. The van der Waals surface area contributed by atoms with E-state index in [4.69, 9.17) is 5.11 Å². The van der Waals surface area contributed by atoms with E-state index >= 15 is 0 Å². The lowest BCUT2D eigenvalue weighted by Crippen LogP contribution is -2.09. The van der Waals surface area contributed by atoms with E-state index in [1.54, 1.807) is 0 Å². The molecule has 0 aliphatic heterocycles. The first-order valence-corrected chi connectivity index (χ1v) is 4.56. The smallest absolute Gasteiger partial charge is 0.420 e. The molecule has 0 aliphatic carbocycles. The first kappa shape index (κ1) is 12.4. The highest BCUT2D eigenvalue weighted by molar-refractivity contribution is 14.1. The number of halogens is 6. The summed E-state index contributed by atoms with van der Waals surface area (Å²) in [5, 5.41) is 8.95. The van der Waals surface area contributed by atoms with E-state index in [2.05, 4.69) is 4.98 Å². The van der Waals surface area contributed by atoms with Gasteiger partial charge in [-0.2, -0.15) is 13.2 Å². The van der Waals surface area contributed by atoms with Crippen molar-refractivity contribution < 1.29 is 27.1 Å². The fourth-order valence-electron chi connectivity index (χ4n) is 0.894. The Bertz CT molecular complexity index is 378. The molecule has 0 saturated heterocycles. The molecule has 1 aromatic rings. The van der Waals surface area contributed by atoms with E-state index in [0.717, 1.165) is 0 Å². The number of aromatic hydroxyl groups is 1. The molecule has 0 atom stereocenters. The number of pyridine rings is 1. The first-order valence-electron chi connectivity index (χ1n) is 3.48. The predicted octanol–water partition coefficient (Wildman–Crippen LogP) is 3.35. The SMILES string of the molecule is Oc1c(C(F)(F)F)cc(I)nc1C(F)F. The van der Waals surface area contributed by atoms with E-state index < -0.39 is 29.6 Å². The lowest BCUT2D eigenvalue weighted by molar-refractivity contribution is -0.139. The van der Waals surface area contributed by atoms with Crippen molar-refractivity contribution in [3.8, 4) is 5.75 Å². The molecule has 15 heavy (non-hydrogen) atoms. The summed E-state index contributed by atoms with van der Waals surface area (Å²) in [5.41, 5.74) is -2.76. The van der Waals surface area contributed by atoms with Gasteiger partial charge in [0.05, 0.1) is 0 Å². The fraction of sp³-hybridized carbons (Fsp3) is 0.286. The molecule has 1 rings (SSSR count). The molecule has 0 aromatic carbocycles. The third-order valence-electron chi connectivity index (χ3n) is 1.50. The second kappa shape index (κ2) is 4.06. The molecule has 1 heterocycles. The maximum Gasteiger partial charge on any atom is 0.420 e. The zero-order valence-electron chi connectivity index (χ0n) is 6.82. The molecule has 84 valence electrons. The van der Waals surface area contributed by atoms with Crippen LogP contribution in [0.25, 0.3) is 0 Å². The molecule has 0 saturated carbocycles. The molecule has 8 heteroatoms. The third kappa shape index (κ3) is 2.67. The maximum atomic E-state index is 12.2. The number of nitrogens with zero attached hydrogens (tertiary/aromatic N) is 1. The normalized spacial score (nSPS) is 12.2. The quantitative estimate of drug-likeness (QED) is 0.484. The summed E-state index contributed by atoms with van der Waals surface area (Å²) in [7, 11) is 0. The van der Waals surface area contributed by atoms with Gasteiger partial charge in [-0.15, -0.1) is 0 Å². The van der Waals surface area contributed by atoms with Gasteiger partial charge in [-0.25, -0.2) is 13.8 Å². The third-order valence-corrected chi connectivity index (χ3v) is 2.05. The molecule has 0 aliphatic rings. The Hall–Kier alpha value is -0.670. The van der Waals surface area contributed by atoms with Crippen LogP contribution in [0.5, 0.6) is 5.75 Å². The van der Waals surface area contributed by atoms with Gasteiger partial charge in [0.25, 0.3) is 6.43 Å². The molecule has 0 spiro atoms. The van der Waals surface area contributed by atoms with Crippen LogP contribution in [0, 0.1) is 3.70 Å². The minimum atomic E-state index is -4.88. The molecule has 0 bridgehead atoms. The standard InChI is InChI=1S/C7H3F5INO/c8-6(9)4-5(15)2(7(10,11)12)1-3(13)14-4/h1,6,15H. The second-order valence-corrected chi connectivity index (χ2v) is 3.63. The van der Waals surface area contributed by atoms with Crippen molar-refractivity contribution in [2.45, 2.75) is 12.6 Å². The van der Waals surface area contributed by atoms with Crippen LogP contribution in [0.3, 0.4) is 0 Å². The highest BCUT2D eigenvalue weighted by atomic mass is 127. The number of hydrogen-bond donors (Lipinski definition) is 1. The summed E-state index contributed by atoms with van der Waals surface area (Å²) in [4.78, 5) is 3.13. The first-order chi connectivity index (χ1) is 6.73. The van der Waals surface area contributed by atoms with Crippen molar-refractivity contribution >= 4 is 22.6 Å². The van der Waals surface area contributed by atoms with E-state index in [9.17, 15) is 22.0 Å². The zero-order chi connectivity index (χ0) is 11.8. The van der Waals surface area contributed by atoms with Crippen molar-refractivity contribution in [2.75, 3.05) is 0 Å². The lowest BCUT2D eigenvalue weighted by atomic mass is 10.2. The van der Waals surface area contributed by atoms with Gasteiger partial charge in [0.1, 0.15) is 15.0 Å². The number of alkyl halides is 5. The molecule has 0 fully saturated rings. The number of hydrogen-bond acceptors (Lipinski definition) is 2. The van der Waals surface area contributed by atoms with Gasteiger partial charge in [0.2, 0.25) is 0 Å². The molecule has 1 aromatic heterocycles. The van der Waals surface area contributed by atoms with Crippen molar-refractivity contribution in [3.05, 3.63) is 21.0 Å². The van der Waals surface area contributed by atoms with Crippen LogP contribution in [-0.4, -0.2) is 10.1 Å². The lowest BCUT2D eigenvalue weighted by Gasteiger charge is -2.11. The number of aromatic nitrogens is 1. The van der Waals surface area contributed by atoms with Crippen LogP contribution in [0.2, 0.25) is 0 Å². The molecule has 0 unspecified atom stereocenters. The molecule has 1 N–H and O–H groups in total. The topological polar surface area (TPSA) is 33.1 Å². The minimum Gasteiger partial charge on any atom is -0.505 e. The van der Waals surface area contributed by atoms with Gasteiger partial charge in [0.15, 0.2) is 5.75 Å². The Morgan fingerprint density at radius 1 is 1.33 bits per heavy atom. The second-order valence-electron chi connectivity index (χ2n) is 2.52. The van der Waals surface area contributed by atoms with Crippen molar-refractivity contribution in [1.29, 1.82) is 0 Å². The van der Waals surface area contributed by atoms with E-state index in [-0.39, 0.29) is 3.70 Å². The van der Waals surface area contributed by atoms with Gasteiger partial charge in [-0.1, -0.05) is 0 Å². The Balaban J connectivity index is 3.42. The van der Waals surface area contributed by atoms with E-state index in [1.165, 1.54) is 22.6 Å². The summed E-state index contributed by atoms with van der Waals surface area (Å²) in [6, 6.07) is 0.502. The molecule has 0 amide bonds. The molecular weight excluding hydrogens is 336 g/mol. The average Bonchev–Trinajstić information content (AvgIpc) is 2.06. The largest absolute Gasteiger partial charge is 0.505 e. The van der Waals surface area contributed by atoms with Gasteiger partial charge >= 0.3 is 6.18 Å². The zero-order valence-corrected chi connectivity index (χ0v) is 8.97. The van der Waals surface area contributed by atoms with Gasteiger partial charge in [-0.05, 0) is 28.7 Å². The Morgan fingerprint density at radius 2 is 1.87 bits per heavy atom. The van der Waals surface area contributed by atoms with Crippen molar-refractivity contribution in [3.63, 3.8) is 0 Å². The monoisotopic (exact) mass is 339 g/mol. The Labute approximate surface area is 94.3 Å². The number of rotatable bonds is 1. The van der Waals surface area contributed by atoms with Crippen molar-refractivity contribution in [2.24, 2.45) is 0 Å². The van der Waals surface area contributed by atoms with Crippen molar-refractivity contribution in [1.82, 2.24) is 4.98 Å². The van der Waals surface area contributed by atoms with Crippen LogP contribution >= 0.6 is 22.6 Å². The molecule has 2 nitrogen and oxygen atoms in total. The Morgan fingerprint density at radius 3 is 2.27 bits per heavy atom. The summed E-state index contributed by atoms with van der Waals surface area (Å²) < 4.78 is 60.8. The molecule has 0 radical (unpaired) electrons. The van der Waals surface area contributed by atoms with Crippen LogP contribution in [-0.2, 0) is 6.18 Å². The summed E-state index contributed by atoms with van der Waals surface area (Å²) in [5.74, 6) is -1.52. The van der Waals surface area contributed by atoms with Gasteiger partial charge in [-0.3, -0.25) is 0 Å². The highest BCUT2D eigenvalue weighted by Gasteiger charge is 2.37. The Kier molecular flexibility index (Phi) is 3.36. The summed E-state index contributed by atoms with van der Waals surface area (Å²) >= 11 is 1.37. The van der Waals surface area contributed by atoms with Crippen LogP contribution in [0.4, 0.5) is 22.0 Å². The highest BCUT2D eigenvalue weighted by Crippen LogP contribution is 2.40. The predicted molar refractivity (Wildman–Crippen MR) is 48.6 cm³/mol. The maximum absolute atomic E-state index is 12.2. The van der Waals surface area contributed by atoms with E-state index in [0.29, 0.717) is 6.07 Å². The van der Waals surface area contributed by atoms with Crippen LogP contribution in [0.15, 0.2) is 6.07 Å². The summed E-state index contributed by atoms with van der Waals surface area (Å²) in [6.07, 6.45) is -8.13. The minimum absolute atomic E-state index is 0.256. The fourth-order valence-corrected chi connectivity index (χ4v) is 1.47. The van der Waals surface area contributed by atoms with Gasteiger partial charge in [0, 0.05) is 0 Å². The van der Waals surface area contributed by atoms with Crippen LogP contribution < -0.4 is 0 Å².